The number of aromatic nitrogens is 1. The van der Waals surface area contributed by atoms with Crippen molar-refractivity contribution in [3.8, 4) is 5.75 Å². The van der Waals surface area contributed by atoms with Crippen molar-refractivity contribution >= 4 is 61.3 Å². The Kier molecular flexibility index (Phi) is 6.40. The standard InChI is InChI=1S/C17H13Cl2N3O4S2/c18-13-2-1-3-14(16(13)19)26-10-15(23)21-11-4-6-12(7-5-11)28(24,25)22-17-20-8-9-27-17/h1-9H,10H2,(H,20,22)(H,21,23). The summed E-state index contributed by atoms with van der Waals surface area (Å²) in [6.45, 7) is -0.286. The van der Waals surface area contributed by atoms with Gasteiger partial charge in [-0.2, -0.15) is 0 Å². The van der Waals surface area contributed by atoms with Crippen LogP contribution in [-0.4, -0.2) is 25.9 Å². The zero-order valence-corrected chi connectivity index (χ0v) is 17.2. The van der Waals surface area contributed by atoms with Crippen LogP contribution in [0, 0.1) is 0 Å². The number of carbonyl (C=O) groups is 1. The molecule has 0 unspecified atom stereocenters. The van der Waals surface area contributed by atoms with Gasteiger partial charge in [0.25, 0.3) is 15.9 Å². The van der Waals surface area contributed by atoms with Crippen LogP contribution in [0.25, 0.3) is 0 Å². The largest absolute Gasteiger partial charge is 0.482 e. The first-order chi connectivity index (χ1) is 13.3. The van der Waals surface area contributed by atoms with Gasteiger partial charge in [-0.05, 0) is 36.4 Å². The van der Waals surface area contributed by atoms with Gasteiger partial charge in [0, 0.05) is 17.3 Å². The third-order valence-corrected chi connectivity index (χ3v) is 6.35. The minimum absolute atomic E-state index is 0.0441. The average Bonchev–Trinajstić information content (AvgIpc) is 3.16. The molecule has 0 spiro atoms. The van der Waals surface area contributed by atoms with Crippen molar-refractivity contribution in [3.05, 3.63) is 64.1 Å². The van der Waals surface area contributed by atoms with Crippen molar-refractivity contribution in [2.75, 3.05) is 16.6 Å². The molecule has 1 aromatic heterocycles. The smallest absolute Gasteiger partial charge is 0.263 e. The summed E-state index contributed by atoms with van der Waals surface area (Å²) in [5.74, 6) is -0.147. The molecule has 0 aliphatic carbocycles. The molecule has 1 amide bonds. The van der Waals surface area contributed by atoms with Gasteiger partial charge in [0.2, 0.25) is 0 Å². The monoisotopic (exact) mass is 457 g/mol. The highest BCUT2D eigenvalue weighted by molar-refractivity contribution is 7.93. The lowest BCUT2D eigenvalue weighted by atomic mass is 10.3. The minimum atomic E-state index is -3.75. The van der Waals surface area contributed by atoms with Crippen LogP contribution in [0.3, 0.4) is 0 Å². The fourth-order valence-electron chi connectivity index (χ4n) is 2.10. The Balaban J connectivity index is 1.59. The Morgan fingerprint density at radius 2 is 1.89 bits per heavy atom. The van der Waals surface area contributed by atoms with Gasteiger partial charge in [-0.15, -0.1) is 11.3 Å². The number of rotatable bonds is 7. The molecule has 7 nitrogen and oxygen atoms in total. The summed E-state index contributed by atoms with van der Waals surface area (Å²) in [6, 6.07) is 10.6. The maximum Gasteiger partial charge on any atom is 0.263 e. The lowest BCUT2D eigenvalue weighted by molar-refractivity contribution is -0.118. The molecule has 0 atom stereocenters. The van der Waals surface area contributed by atoms with Crippen LogP contribution in [0.4, 0.5) is 10.8 Å². The highest BCUT2D eigenvalue weighted by Gasteiger charge is 2.15. The van der Waals surface area contributed by atoms with E-state index in [-0.39, 0.29) is 21.7 Å². The van der Waals surface area contributed by atoms with Gasteiger partial charge in [-0.3, -0.25) is 9.52 Å². The summed E-state index contributed by atoms with van der Waals surface area (Å²) in [4.78, 5) is 16.0. The number of sulfonamides is 1. The molecule has 2 aromatic carbocycles. The fourth-order valence-corrected chi connectivity index (χ4v) is 4.24. The first-order valence-electron chi connectivity index (χ1n) is 7.74. The Labute approximate surface area is 175 Å². The van der Waals surface area contributed by atoms with Gasteiger partial charge in [-0.1, -0.05) is 29.3 Å². The molecule has 1 heterocycles. The van der Waals surface area contributed by atoms with E-state index in [4.69, 9.17) is 27.9 Å². The number of carbonyl (C=O) groups excluding carboxylic acids is 1. The van der Waals surface area contributed by atoms with E-state index in [1.807, 2.05) is 0 Å². The zero-order valence-electron chi connectivity index (χ0n) is 14.1. The zero-order chi connectivity index (χ0) is 20.1. The van der Waals surface area contributed by atoms with E-state index in [1.165, 1.54) is 41.8 Å². The summed E-state index contributed by atoms with van der Waals surface area (Å²) in [7, 11) is -3.75. The number of nitrogens with one attached hydrogen (secondary N) is 2. The van der Waals surface area contributed by atoms with Crippen LogP contribution in [0.15, 0.2) is 58.9 Å². The maximum absolute atomic E-state index is 12.3. The molecule has 0 fully saturated rings. The van der Waals surface area contributed by atoms with Crippen LogP contribution in [0.1, 0.15) is 0 Å². The fraction of sp³-hybridized carbons (Fsp3) is 0.0588. The van der Waals surface area contributed by atoms with Crippen molar-refractivity contribution in [2.45, 2.75) is 4.90 Å². The predicted octanol–water partition coefficient (Wildman–Crippen LogP) is 4.27. The van der Waals surface area contributed by atoms with Gasteiger partial charge >= 0.3 is 0 Å². The second-order valence-electron chi connectivity index (χ2n) is 5.36. The molecular weight excluding hydrogens is 445 g/mol. The SMILES string of the molecule is O=C(COc1cccc(Cl)c1Cl)Nc1ccc(S(=O)(=O)Nc2nccs2)cc1. The van der Waals surface area contributed by atoms with Gasteiger partial charge < -0.3 is 10.1 Å². The molecule has 11 heteroatoms. The summed E-state index contributed by atoms with van der Waals surface area (Å²) >= 11 is 13.0. The van der Waals surface area contributed by atoms with Crippen LogP contribution in [0.5, 0.6) is 5.75 Å². The van der Waals surface area contributed by atoms with Gasteiger partial charge in [0.1, 0.15) is 10.8 Å². The molecule has 3 rings (SSSR count). The van der Waals surface area contributed by atoms with Crippen LogP contribution >= 0.6 is 34.5 Å². The second-order valence-corrected chi connectivity index (χ2v) is 8.72. The molecule has 0 bridgehead atoms. The molecule has 0 saturated heterocycles. The number of halogens is 2. The normalized spacial score (nSPS) is 11.1. The van der Waals surface area contributed by atoms with Crippen LogP contribution < -0.4 is 14.8 Å². The quantitative estimate of drug-likeness (QED) is 0.551. The number of thiazole rings is 1. The molecule has 2 N–H and O–H groups in total. The second kappa shape index (κ2) is 8.78. The minimum Gasteiger partial charge on any atom is -0.482 e. The Bertz CT molecular complexity index is 1070. The third kappa shape index (κ3) is 5.14. The van der Waals surface area contributed by atoms with E-state index < -0.39 is 15.9 Å². The maximum atomic E-state index is 12.3. The highest BCUT2D eigenvalue weighted by atomic mass is 35.5. The summed E-state index contributed by atoms with van der Waals surface area (Å²) in [5.41, 5.74) is 0.416. The number of amides is 1. The number of hydrogen-bond acceptors (Lipinski definition) is 6. The van der Waals surface area contributed by atoms with Gasteiger partial charge in [0.05, 0.1) is 9.92 Å². The summed E-state index contributed by atoms with van der Waals surface area (Å²) in [5, 5.41) is 5.08. The van der Waals surface area contributed by atoms with Crippen molar-refractivity contribution in [3.63, 3.8) is 0 Å². The van der Waals surface area contributed by atoms with Gasteiger partial charge in [-0.25, -0.2) is 13.4 Å². The lowest BCUT2D eigenvalue weighted by Crippen LogP contribution is -2.20. The third-order valence-electron chi connectivity index (χ3n) is 3.38. The lowest BCUT2D eigenvalue weighted by Gasteiger charge is -2.10. The topological polar surface area (TPSA) is 97.4 Å². The van der Waals surface area contributed by atoms with Crippen LogP contribution in [-0.2, 0) is 14.8 Å². The Morgan fingerprint density at radius 1 is 1.14 bits per heavy atom. The summed E-state index contributed by atoms with van der Waals surface area (Å²) in [6.07, 6.45) is 1.50. The Morgan fingerprint density at radius 3 is 2.57 bits per heavy atom. The number of benzene rings is 2. The van der Waals surface area contributed by atoms with E-state index in [9.17, 15) is 13.2 Å². The summed E-state index contributed by atoms with van der Waals surface area (Å²) < 4.78 is 32.3. The van der Waals surface area contributed by atoms with Crippen molar-refractivity contribution in [1.82, 2.24) is 4.98 Å². The number of nitrogens with zero attached hydrogens (tertiary/aromatic N) is 1. The number of hydrogen-bond donors (Lipinski definition) is 2. The number of anilines is 2. The Hall–Kier alpha value is -2.33. The van der Waals surface area contributed by atoms with Crippen molar-refractivity contribution in [1.29, 1.82) is 0 Å². The molecule has 0 saturated carbocycles. The number of ether oxygens (including phenoxy) is 1. The van der Waals surface area contributed by atoms with Crippen molar-refractivity contribution in [2.24, 2.45) is 0 Å². The molecule has 0 aliphatic heterocycles. The van der Waals surface area contributed by atoms with Crippen molar-refractivity contribution < 1.29 is 17.9 Å². The predicted molar refractivity (Wildman–Crippen MR) is 110 cm³/mol. The van der Waals surface area contributed by atoms with E-state index in [1.54, 1.807) is 23.6 Å². The molecule has 28 heavy (non-hydrogen) atoms. The highest BCUT2D eigenvalue weighted by Crippen LogP contribution is 2.31. The van der Waals surface area contributed by atoms with E-state index in [0.717, 1.165) is 0 Å². The molecule has 146 valence electrons. The van der Waals surface area contributed by atoms with E-state index in [0.29, 0.717) is 16.5 Å². The average molecular weight is 458 g/mol. The van der Waals surface area contributed by atoms with E-state index >= 15 is 0 Å². The molecular formula is C17H13Cl2N3O4S2. The van der Waals surface area contributed by atoms with E-state index in [2.05, 4.69) is 15.0 Å². The first-order valence-corrected chi connectivity index (χ1v) is 10.9. The molecule has 0 aliphatic rings. The van der Waals surface area contributed by atoms with Gasteiger partial charge in [0.15, 0.2) is 11.7 Å². The van der Waals surface area contributed by atoms with Crippen LogP contribution in [0.2, 0.25) is 10.0 Å². The molecule has 0 radical (unpaired) electrons. The molecule has 3 aromatic rings. The first kappa shape index (κ1) is 20.4.